The van der Waals surface area contributed by atoms with Crippen molar-refractivity contribution in [3.8, 4) is 0 Å². The predicted octanol–water partition coefficient (Wildman–Crippen LogP) is 0.878. The molecule has 0 saturated heterocycles. The van der Waals surface area contributed by atoms with Crippen LogP contribution in [0.5, 0.6) is 0 Å². The van der Waals surface area contributed by atoms with Crippen LogP contribution in [0.1, 0.15) is 23.9 Å². The molecule has 0 atom stereocenters. The number of nitrogens with two attached hydrogens (primary N) is 1. The maximum atomic E-state index is 11.8. The van der Waals surface area contributed by atoms with Crippen molar-refractivity contribution in [3.05, 3.63) is 24.2 Å². The Bertz CT molecular complexity index is 359. The van der Waals surface area contributed by atoms with Gasteiger partial charge in [0.25, 0.3) is 5.91 Å². The van der Waals surface area contributed by atoms with Gasteiger partial charge in [0.15, 0.2) is 5.76 Å². The Labute approximate surface area is 93.3 Å². The van der Waals surface area contributed by atoms with Crippen LogP contribution >= 0.6 is 0 Å². The predicted molar refractivity (Wildman–Crippen MR) is 58.3 cm³/mol. The summed E-state index contributed by atoms with van der Waals surface area (Å²) in [5.41, 5.74) is 5.33. The topological polar surface area (TPSA) is 92.1 Å². The molecule has 0 spiro atoms. The highest BCUT2D eigenvalue weighted by atomic mass is 16.4. The highest BCUT2D eigenvalue weighted by Gasteiger charge is 2.16. The van der Waals surface area contributed by atoms with Crippen molar-refractivity contribution in [2.45, 2.75) is 13.3 Å². The second-order valence-corrected chi connectivity index (χ2v) is 3.20. The fourth-order valence-electron chi connectivity index (χ4n) is 1.26. The first-order chi connectivity index (χ1) is 7.69. The summed E-state index contributed by atoms with van der Waals surface area (Å²) in [6.45, 7) is 2.79. The molecule has 1 aromatic rings. The third-order valence-electron chi connectivity index (χ3n) is 2.17. The van der Waals surface area contributed by atoms with Gasteiger partial charge in [-0.1, -0.05) is 5.16 Å². The molecule has 0 bridgehead atoms. The molecule has 0 fully saturated rings. The minimum Gasteiger partial charge on any atom is -0.459 e. The number of rotatable bonds is 5. The molecule has 6 heteroatoms. The maximum absolute atomic E-state index is 11.8. The number of oxime groups is 1. The zero-order valence-electron chi connectivity index (χ0n) is 9.09. The summed E-state index contributed by atoms with van der Waals surface area (Å²) in [5, 5.41) is 11.2. The van der Waals surface area contributed by atoms with Gasteiger partial charge in [0.2, 0.25) is 0 Å². The van der Waals surface area contributed by atoms with Crippen LogP contribution in [0.3, 0.4) is 0 Å². The van der Waals surface area contributed by atoms with Crippen molar-refractivity contribution in [3.63, 3.8) is 0 Å². The van der Waals surface area contributed by atoms with Crippen molar-refractivity contribution in [1.29, 1.82) is 0 Å². The summed E-state index contributed by atoms with van der Waals surface area (Å²) >= 11 is 0. The second kappa shape index (κ2) is 5.79. The van der Waals surface area contributed by atoms with Crippen LogP contribution in [0.2, 0.25) is 0 Å². The molecule has 0 aromatic carbocycles. The van der Waals surface area contributed by atoms with Crippen molar-refractivity contribution >= 4 is 11.7 Å². The summed E-state index contributed by atoms with van der Waals surface area (Å²) in [6.07, 6.45) is 1.78. The third-order valence-corrected chi connectivity index (χ3v) is 2.17. The van der Waals surface area contributed by atoms with Gasteiger partial charge in [-0.05, 0) is 19.1 Å². The Hall–Kier alpha value is -1.98. The minimum atomic E-state index is -0.196. The molecule has 1 heterocycles. The number of hydrogen-bond acceptors (Lipinski definition) is 4. The van der Waals surface area contributed by atoms with Gasteiger partial charge in [-0.3, -0.25) is 4.79 Å². The van der Waals surface area contributed by atoms with Crippen LogP contribution in [0.15, 0.2) is 28.0 Å². The summed E-state index contributed by atoms with van der Waals surface area (Å²) < 4.78 is 5.01. The van der Waals surface area contributed by atoms with Crippen LogP contribution in [0.4, 0.5) is 0 Å². The lowest BCUT2D eigenvalue weighted by Gasteiger charge is -2.18. The summed E-state index contributed by atoms with van der Waals surface area (Å²) in [4.78, 5) is 13.4. The number of amides is 1. The van der Waals surface area contributed by atoms with Gasteiger partial charge in [0.1, 0.15) is 5.84 Å². The SMILES string of the molecule is CCN(CCC(N)=NO)C(=O)c1ccco1. The van der Waals surface area contributed by atoms with E-state index in [0.717, 1.165) is 0 Å². The standard InChI is InChI=1S/C10H15N3O3/c1-2-13(6-5-9(11)12-15)10(14)8-4-3-7-16-8/h3-4,7,15H,2,5-6H2,1H3,(H2,11,12). The van der Waals surface area contributed by atoms with Crippen LogP contribution in [0, 0.1) is 0 Å². The van der Waals surface area contributed by atoms with Crippen molar-refractivity contribution < 1.29 is 14.4 Å². The fourth-order valence-corrected chi connectivity index (χ4v) is 1.26. The lowest BCUT2D eigenvalue weighted by Crippen LogP contribution is -2.33. The van der Waals surface area contributed by atoms with Crippen molar-refractivity contribution in [2.75, 3.05) is 13.1 Å². The summed E-state index contributed by atoms with van der Waals surface area (Å²) in [6, 6.07) is 3.26. The minimum absolute atomic E-state index is 0.102. The molecule has 1 aromatic heterocycles. The van der Waals surface area contributed by atoms with E-state index in [1.54, 1.807) is 17.0 Å². The highest BCUT2D eigenvalue weighted by molar-refractivity contribution is 5.91. The maximum Gasteiger partial charge on any atom is 0.289 e. The van der Waals surface area contributed by atoms with Gasteiger partial charge in [-0.15, -0.1) is 0 Å². The number of amidine groups is 1. The molecule has 16 heavy (non-hydrogen) atoms. The first kappa shape index (κ1) is 12.1. The number of carbonyl (C=O) groups is 1. The molecule has 6 nitrogen and oxygen atoms in total. The number of furan rings is 1. The van der Waals surface area contributed by atoms with E-state index >= 15 is 0 Å². The molecule has 0 aliphatic heterocycles. The van der Waals surface area contributed by atoms with Gasteiger partial charge >= 0.3 is 0 Å². The molecule has 0 radical (unpaired) electrons. The molecule has 0 aliphatic rings. The van der Waals surface area contributed by atoms with Crippen molar-refractivity contribution in [1.82, 2.24) is 4.90 Å². The Morgan fingerprint density at radius 2 is 2.44 bits per heavy atom. The van der Waals surface area contributed by atoms with Gasteiger partial charge in [-0.2, -0.15) is 0 Å². The van der Waals surface area contributed by atoms with E-state index < -0.39 is 0 Å². The zero-order valence-corrected chi connectivity index (χ0v) is 9.09. The van der Waals surface area contributed by atoms with E-state index in [1.165, 1.54) is 6.26 Å². The molecule has 3 N–H and O–H groups in total. The fraction of sp³-hybridized carbons (Fsp3) is 0.400. The smallest absolute Gasteiger partial charge is 0.289 e. The lowest BCUT2D eigenvalue weighted by molar-refractivity contribution is 0.0736. The third kappa shape index (κ3) is 3.01. The van der Waals surface area contributed by atoms with E-state index in [2.05, 4.69) is 5.16 Å². The van der Waals surface area contributed by atoms with Gasteiger partial charge < -0.3 is 20.3 Å². The quantitative estimate of drug-likeness (QED) is 0.337. The van der Waals surface area contributed by atoms with Gasteiger partial charge in [-0.25, -0.2) is 0 Å². The van der Waals surface area contributed by atoms with E-state index in [0.29, 0.717) is 25.3 Å². The number of hydrogen-bond donors (Lipinski definition) is 2. The molecule has 88 valence electrons. The Kier molecular flexibility index (Phi) is 4.38. The van der Waals surface area contributed by atoms with E-state index in [-0.39, 0.29) is 11.7 Å². The van der Waals surface area contributed by atoms with Crippen LogP contribution in [-0.2, 0) is 0 Å². The molecule has 1 amide bonds. The van der Waals surface area contributed by atoms with Gasteiger partial charge in [0.05, 0.1) is 6.26 Å². The van der Waals surface area contributed by atoms with Crippen LogP contribution in [0.25, 0.3) is 0 Å². The first-order valence-electron chi connectivity index (χ1n) is 4.98. The summed E-state index contributed by atoms with van der Waals surface area (Å²) in [7, 11) is 0. The van der Waals surface area contributed by atoms with E-state index in [1.807, 2.05) is 6.92 Å². The lowest BCUT2D eigenvalue weighted by atomic mass is 10.3. The van der Waals surface area contributed by atoms with Crippen LogP contribution < -0.4 is 5.73 Å². The molecular weight excluding hydrogens is 210 g/mol. The average molecular weight is 225 g/mol. The molecule has 1 rings (SSSR count). The molecule has 0 aliphatic carbocycles. The largest absolute Gasteiger partial charge is 0.459 e. The molecular formula is C10H15N3O3. The van der Waals surface area contributed by atoms with E-state index in [4.69, 9.17) is 15.4 Å². The zero-order chi connectivity index (χ0) is 12.0. The number of nitrogens with zero attached hydrogens (tertiary/aromatic N) is 2. The highest BCUT2D eigenvalue weighted by Crippen LogP contribution is 2.06. The number of carbonyl (C=O) groups excluding carboxylic acids is 1. The monoisotopic (exact) mass is 225 g/mol. The van der Waals surface area contributed by atoms with Crippen LogP contribution in [-0.4, -0.2) is 34.9 Å². The Morgan fingerprint density at radius 1 is 1.69 bits per heavy atom. The Morgan fingerprint density at radius 3 is 2.94 bits per heavy atom. The molecule has 0 saturated carbocycles. The van der Waals surface area contributed by atoms with Gasteiger partial charge in [0, 0.05) is 19.5 Å². The normalized spacial score (nSPS) is 11.4. The first-order valence-corrected chi connectivity index (χ1v) is 4.98. The Balaban J connectivity index is 2.58. The van der Waals surface area contributed by atoms with Crippen molar-refractivity contribution in [2.24, 2.45) is 10.9 Å². The molecule has 0 unspecified atom stereocenters. The second-order valence-electron chi connectivity index (χ2n) is 3.20. The average Bonchev–Trinajstić information content (AvgIpc) is 2.82. The van der Waals surface area contributed by atoms with E-state index in [9.17, 15) is 4.79 Å². The summed E-state index contributed by atoms with van der Waals surface area (Å²) in [5.74, 6) is 0.199.